The average molecular weight is 460 g/mol. The van der Waals surface area contributed by atoms with Crippen molar-refractivity contribution in [2.45, 2.75) is 26.4 Å². The summed E-state index contributed by atoms with van der Waals surface area (Å²) in [6, 6.07) is 14.0. The molecular formula is C23H26ClN3O5. The molecule has 2 aromatic carbocycles. The number of ether oxygens (including phenoxy) is 2. The van der Waals surface area contributed by atoms with E-state index in [0.717, 1.165) is 5.56 Å². The van der Waals surface area contributed by atoms with Crippen molar-refractivity contribution in [1.82, 2.24) is 15.8 Å². The molecule has 2 N–H and O–H groups in total. The van der Waals surface area contributed by atoms with Crippen molar-refractivity contribution in [3.63, 3.8) is 0 Å². The summed E-state index contributed by atoms with van der Waals surface area (Å²) < 4.78 is 10.7. The second kappa shape index (κ2) is 11.4. The maximum Gasteiger partial charge on any atom is 0.409 e. The number of rotatable bonds is 6. The summed E-state index contributed by atoms with van der Waals surface area (Å²) in [5.74, 6) is -0.247. The van der Waals surface area contributed by atoms with E-state index in [1.54, 1.807) is 60.4 Å². The molecule has 1 saturated heterocycles. The van der Waals surface area contributed by atoms with Crippen molar-refractivity contribution in [1.29, 1.82) is 0 Å². The van der Waals surface area contributed by atoms with E-state index in [1.165, 1.54) is 0 Å². The fraction of sp³-hybridized carbons (Fsp3) is 0.348. The van der Waals surface area contributed by atoms with Crippen molar-refractivity contribution in [3.05, 3.63) is 64.7 Å². The predicted molar refractivity (Wildman–Crippen MR) is 119 cm³/mol. The highest BCUT2D eigenvalue weighted by Crippen LogP contribution is 2.18. The minimum Gasteiger partial charge on any atom is -0.489 e. The molecule has 3 rings (SSSR count). The fourth-order valence-corrected chi connectivity index (χ4v) is 3.41. The lowest BCUT2D eigenvalue weighted by molar-refractivity contribution is -0.127. The molecule has 0 radical (unpaired) electrons. The second-order valence-electron chi connectivity index (χ2n) is 7.34. The van der Waals surface area contributed by atoms with Gasteiger partial charge in [0.15, 0.2) is 0 Å². The number of carbonyl (C=O) groups is 3. The molecule has 32 heavy (non-hydrogen) atoms. The zero-order valence-corrected chi connectivity index (χ0v) is 18.6. The van der Waals surface area contributed by atoms with E-state index in [2.05, 4.69) is 10.9 Å². The molecule has 3 amide bonds. The Bertz CT molecular complexity index is 926. The van der Waals surface area contributed by atoms with Crippen LogP contribution < -0.4 is 15.6 Å². The summed E-state index contributed by atoms with van der Waals surface area (Å²) in [5.41, 5.74) is 6.23. The zero-order chi connectivity index (χ0) is 22.9. The number of carbonyl (C=O) groups excluding carboxylic acids is 3. The summed E-state index contributed by atoms with van der Waals surface area (Å²) in [6.45, 7) is 3.32. The molecule has 170 valence electrons. The SMILES string of the molecule is CCOC(=O)N1CCC(C(=O)NNC(=O)c2ccc(COc3ccc(Cl)cc3)cc2)CC1. The monoisotopic (exact) mass is 459 g/mol. The van der Waals surface area contributed by atoms with E-state index in [-0.39, 0.29) is 17.9 Å². The Morgan fingerprint density at radius 2 is 1.66 bits per heavy atom. The number of nitrogens with zero attached hydrogens (tertiary/aromatic N) is 1. The topological polar surface area (TPSA) is 97.0 Å². The van der Waals surface area contributed by atoms with Gasteiger partial charge in [-0.3, -0.25) is 20.4 Å². The Balaban J connectivity index is 1.41. The Morgan fingerprint density at radius 3 is 2.28 bits per heavy atom. The minimum absolute atomic E-state index is 0.269. The maximum absolute atomic E-state index is 12.3. The molecule has 2 aromatic rings. The van der Waals surface area contributed by atoms with Crippen LogP contribution >= 0.6 is 11.6 Å². The molecule has 1 aliphatic rings. The third-order valence-electron chi connectivity index (χ3n) is 5.13. The third-order valence-corrected chi connectivity index (χ3v) is 5.38. The minimum atomic E-state index is -0.410. The Kier molecular flexibility index (Phi) is 8.33. The molecule has 1 heterocycles. The van der Waals surface area contributed by atoms with Crippen LogP contribution in [-0.4, -0.2) is 42.5 Å². The number of likely N-dealkylation sites (tertiary alicyclic amines) is 1. The van der Waals surface area contributed by atoms with E-state index in [1.807, 2.05) is 0 Å². The maximum atomic E-state index is 12.3. The first-order valence-electron chi connectivity index (χ1n) is 10.5. The summed E-state index contributed by atoms with van der Waals surface area (Å²) in [4.78, 5) is 38.0. The highest BCUT2D eigenvalue weighted by molar-refractivity contribution is 6.30. The van der Waals surface area contributed by atoms with Gasteiger partial charge in [0.05, 0.1) is 6.61 Å². The Hall–Kier alpha value is -3.26. The van der Waals surface area contributed by atoms with Gasteiger partial charge in [-0.1, -0.05) is 23.7 Å². The number of hydrazine groups is 1. The highest BCUT2D eigenvalue weighted by atomic mass is 35.5. The largest absolute Gasteiger partial charge is 0.489 e. The number of benzene rings is 2. The first kappa shape index (κ1) is 23.4. The second-order valence-corrected chi connectivity index (χ2v) is 7.78. The Morgan fingerprint density at radius 1 is 1.00 bits per heavy atom. The van der Waals surface area contributed by atoms with E-state index >= 15 is 0 Å². The van der Waals surface area contributed by atoms with Crippen LogP contribution in [0.4, 0.5) is 4.79 Å². The van der Waals surface area contributed by atoms with Gasteiger partial charge in [0.2, 0.25) is 5.91 Å². The summed E-state index contributed by atoms with van der Waals surface area (Å²) in [5, 5.41) is 0.641. The molecule has 0 spiro atoms. The summed E-state index contributed by atoms with van der Waals surface area (Å²) in [7, 11) is 0. The van der Waals surface area contributed by atoms with Crippen molar-refractivity contribution < 1.29 is 23.9 Å². The molecule has 0 aliphatic carbocycles. The van der Waals surface area contributed by atoms with Crippen LogP contribution in [-0.2, 0) is 16.1 Å². The molecule has 0 atom stereocenters. The number of hydrogen-bond acceptors (Lipinski definition) is 5. The van der Waals surface area contributed by atoms with E-state index < -0.39 is 5.91 Å². The predicted octanol–water partition coefficient (Wildman–Crippen LogP) is 3.55. The molecular weight excluding hydrogens is 434 g/mol. The number of halogens is 1. The van der Waals surface area contributed by atoms with Gasteiger partial charge in [-0.25, -0.2) is 4.79 Å². The lowest BCUT2D eigenvalue weighted by Crippen LogP contribution is -2.48. The molecule has 0 unspecified atom stereocenters. The molecule has 8 nitrogen and oxygen atoms in total. The highest BCUT2D eigenvalue weighted by Gasteiger charge is 2.28. The van der Waals surface area contributed by atoms with Gasteiger partial charge in [-0.05, 0) is 61.7 Å². The van der Waals surface area contributed by atoms with Crippen LogP contribution in [0.5, 0.6) is 5.75 Å². The summed E-state index contributed by atoms with van der Waals surface area (Å²) in [6.07, 6.45) is 0.674. The molecule has 1 aliphatic heterocycles. The normalized spacial score (nSPS) is 13.9. The van der Waals surface area contributed by atoms with E-state index in [0.29, 0.717) is 55.5 Å². The quantitative estimate of drug-likeness (QED) is 0.644. The lowest BCUT2D eigenvalue weighted by Gasteiger charge is -2.30. The average Bonchev–Trinajstić information content (AvgIpc) is 2.82. The van der Waals surface area contributed by atoms with Gasteiger partial charge in [0.1, 0.15) is 12.4 Å². The number of hydrogen-bond donors (Lipinski definition) is 2. The van der Waals surface area contributed by atoms with Crippen molar-refractivity contribution in [2.75, 3.05) is 19.7 Å². The van der Waals surface area contributed by atoms with Crippen LogP contribution in [0.2, 0.25) is 5.02 Å². The first-order chi connectivity index (χ1) is 15.5. The molecule has 0 aromatic heterocycles. The van der Waals surface area contributed by atoms with Gasteiger partial charge >= 0.3 is 6.09 Å². The van der Waals surface area contributed by atoms with E-state index in [9.17, 15) is 14.4 Å². The van der Waals surface area contributed by atoms with Crippen molar-refractivity contribution in [3.8, 4) is 5.75 Å². The van der Waals surface area contributed by atoms with Crippen molar-refractivity contribution >= 4 is 29.5 Å². The number of amides is 3. The van der Waals surface area contributed by atoms with Crippen LogP contribution in [0.3, 0.4) is 0 Å². The van der Waals surface area contributed by atoms with Crippen LogP contribution in [0.25, 0.3) is 0 Å². The number of piperidine rings is 1. The van der Waals surface area contributed by atoms with Crippen LogP contribution in [0.1, 0.15) is 35.7 Å². The molecule has 0 bridgehead atoms. The standard InChI is InChI=1S/C23H26ClN3O5/c1-2-31-23(30)27-13-11-18(12-14-27)22(29)26-25-21(28)17-5-3-16(4-6-17)15-32-20-9-7-19(24)8-10-20/h3-10,18H,2,11-15H2,1H3,(H,25,28)(H,26,29). The van der Waals surface area contributed by atoms with Gasteiger partial charge in [0, 0.05) is 29.6 Å². The van der Waals surface area contributed by atoms with Crippen LogP contribution in [0.15, 0.2) is 48.5 Å². The molecule has 9 heteroatoms. The van der Waals surface area contributed by atoms with Gasteiger partial charge in [0.25, 0.3) is 5.91 Å². The van der Waals surface area contributed by atoms with Gasteiger partial charge in [-0.2, -0.15) is 0 Å². The van der Waals surface area contributed by atoms with Gasteiger partial charge in [-0.15, -0.1) is 0 Å². The van der Waals surface area contributed by atoms with Crippen molar-refractivity contribution in [2.24, 2.45) is 5.92 Å². The zero-order valence-electron chi connectivity index (χ0n) is 17.8. The number of nitrogens with one attached hydrogen (secondary N) is 2. The third kappa shape index (κ3) is 6.62. The van der Waals surface area contributed by atoms with E-state index in [4.69, 9.17) is 21.1 Å². The van der Waals surface area contributed by atoms with Gasteiger partial charge < -0.3 is 14.4 Å². The van der Waals surface area contributed by atoms with Crippen LogP contribution in [0, 0.1) is 5.92 Å². The Labute approximate surface area is 191 Å². The molecule has 0 saturated carbocycles. The molecule has 1 fully saturated rings. The lowest BCUT2D eigenvalue weighted by atomic mass is 9.96. The smallest absolute Gasteiger partial charge is 0.409 e. The fourth-order valence-electron chi connectivity index (χ4n) is 3.28. The first-order valence-corrected chi connectivity index (χ1v) is 10.8. The summed E-state index contributed by atoms with van der Waals surface area (Å²) >= 11 is 5.85.